The zero-order valence-corrected chi connectivity index (χ0v) is 14.8. The molecule has 6 heteroatoms. The van der Waals surface area contributed by atoms with Crippen LogP contribution in [0.15, 0.2) is 60.9 Å². The van der Waals surface area contributed by atoms with Crippen molar-refractivity contribution < 1.29 is 9.59 Å². The van der Waals surface area contributed by atoms with Crippen molar-refractivity contribution in [1.29, 1.82) is 0 Å². The number of hydrogen-bond acceptors (Lipinski definition) is 5. The number of para-hydroxylation sites is 1. The number of benzene rings is 2. The number of nitrogens with zero attached hydrogens (tertiary/aromatic N) is 3. The third-order valence-electron chi connectivity index (χ3n) is 4.54. The van der Waals surface area contributed by atoms with Crippen LogP contribution in [0.4, 0.5) is 17.2 Å². The van der Waals surface area contributed by atoms with Gasteiger partial charge in [-0.2, -0.15) is 0 Å². The SMILES string of the molecule is CC(=O)c1cccc(Nc2cnc(C(=O)N3CCc4ccccc43)cn2)c1. The van der Waals surface area contributed by atoms with E-state index in [1.807, 2.05) is 30.3 Å². The quantitative estimate of drug-likeness (QED) is 0.721. The van der Waals surface area contributed by atoms with Crippen LogP contribution in [0.1, 0.15) is 33.3 Å². The topological polar surface area (TPSA) is 75.2 Å². The highest BCUT2D eigenvalue weighted by Crippen LogP contribution is 2.28. The smallest absolute Gasteiger partial charge is 0.278 e. The number of nitrogens with one attached hydrogen (secondary N) is 1. The van der Waals surface area contributed by atoms with Gasteiger partial charge in [-0.05, 0) is 37.1 Å². The maximum absolute atomic E-state index is 12.8. The standard InChI is InChI=1S/C21H18N4O2/c1-14(26)16-6-4-7-17(11-16)24-20-13-22-18(12-23-20)21(27)25-10-9-15-5-2-3-8-19(15)25/h2-8,11-13H,9-10H2,1H3,(H,23,24). The monoisotopic (exact) mass is 358 g/mol. The molecule has 2 aromatic carbocycles. The molecule has 2 heterocycles. The van der Waals surface area contributed by atoms with Gasteiger partial charge in [0.25, 0.3) is 5.91 Å². The summed E-state index contributed by atoms with van der Waals surface area (Å²) in [6.45, 7) is 2.17. The zero-order chi connectivity index (χ0) is 18.8. The van der Waals surface area contributed by atoms with Crippen LogP contribution in [0.25, 0.3) is 0 Å². The lowest BCUT2D eigenvalue weighted by molar-refractivity contribution is 0.0982. The first-order valence-corrected chi connectivity index (χ1v) is 8.71. The first-order valence-electron chi connectivity index (χ1n) is 8.71. The van der Waals surface area contributed by atoms with Crippen LogP contribution in [-0.4, -0.2) is 28.2 Å². The van der Waals surface area contributed by atoms with Gasteiger partial charge in [-0.3, -0.25) is 9.59 Å². The molecule has 1 aromatic heterocycles. The summed E-state index contributed by atoms with van der Waals surface area (Å²) in [5.41, 5.74) is 3.77. The molecule has 1 aliphatic heterocycles. The predicted molar refractivity (Wildman–Crippen MR) is 104 cm³/mol. The van der Waals surface area contributed by atoms with Crippen molar-refractivity contribution in [3.05, 3.63) is 77.7 Å². The number of carbonyl (C=O) groups is 2. The van der Waals surface area contributed by atoms with E-state index < -0.39 is 0 Å². The highest BCUT2D eigenvalue weighted by atomic mass is 16.2. The van der Waals surface area contributed by atoms with Crippen molar-refractivity contribution in [3.63, 3.8) is 0 Å². The van der Waals surface area contributed by atoms with E-state index in [1.54, 1.807) is 23.1 Å². The lowest BCUT2D eigenvalue weighted by Crippen LogP contribution is -2.29. The number of aromatic nitrogens is 2. The number of fused-ring (bicyclic) bond motifs is 1. The molecule has 0 spiro atoms. The Kier molecular flexibility index (Phi) is 4.38. The normalized spacial score (nSPS) is 12.6. The van der Waals surface area contributed by atoms with Crippen molar-refractivity contribution in [1.82, 2.24) is 9.97 Å². The number of rotatable bonds is 4. The largest absolute Gasteiger partial charge is 0.339 e. The molecule has 0 fully saturated rings. The summed E-state index contributed by atoms with van der Waals surface area (Å²) in [6.07, 6.45) is 3.84. The Morgan fingerprint density at radius 2 is 1.89 bits per heavy atom. The van der Waals surface area contributed by atoms with Gasteiger partial charge in [0.2, 0.25) is 0 Å². The third kappa shape index (κ3) is 3.42. The minimum atomic E-state index is -0.155. The van der Waals surface area contributed by atoms with E-state index in [4.69, 9.17) is 0 Å². The molecular weight excluding hydrogens is 340 g/mol. The molecule has 1 aliphatic rings. The summed E-state index contributed by atoms with van der Waals surface area (Å²) >= 11 is 0. The fraction of sp³-hybridized carbons (Fsp3) is 0.143. The minimum Gasteiger partial charge on any atom is -0.339 e. The first-order chi connectivity index (χ1) is 13.1. The number of anilines is 3. The van der Waals surface area contributed by atoms with Gasteiger partial charge in [0.05, 0.1) is 12.4 Å². The van der Waals surface area contributed by atoms with Crippen LogP contribution >= 0.6 is 0 Å². The average molecular weight is 358 g/mol. The van der Waals surface area contributed by atoms with Gasteiger partial charge in [0.1, 0.15) is 11.5 Å². The van der Waals surface area contributed by atoms with E-state index >= 15 is 0 Å². The number of hydrogen-bond donors (Lipinski definition) is 1. The van der Waals surface area contributed by atoms with E-state index in [2.05, 4.69) is 15.3 Å². The van der Waals surface area contributed by atoms with Crippen LogP contribution in [-0.2, 0) is 6.42 Å². The fourth-order valence-corrected chi connectivity index (χ4v) is 3.15. The van der Waals surface area contributed by atoms with Gasteiger partial charge in [-0.1, -0.05) is 30.3 Å². The van der Waals surface area contributed by atoms with Crippen LogP contribution < -0.4 is 10.2 Å². The van der Waals surface area contributed by atoms with Crippen LogP contribution in [0.5, 0.6) is 0 Å². The number of ketones is 1. The van der Waals surface area contributed by atoms with Gasteiger partial charge in [-0.25, -0.2) is 9.97 Å². The number of Topliss-reactive ketones (excluding diaryl/α,β-unsaturated/α-hetero) is 1. The maximum Gasteiger partial charge on any atom is 0.278 e. The summed E-state index contributed by atoms with van der Waals surface area (Å²) in [5.74, 6) is 0.350. The zero-order valence-electron chi connectivity index (χ0n) is 14.8. The molecule has 1 N–H and O–H groups in total. The maximum atomic E-state index is 12.8. The summed E-state index contributed by atoms with van der Waals surface area (Å²) < 4.78 is 0. The highest BCUT2D eigenvalue weighted by Gasteiger charge is 2.26. The Bertz CT molecular complexity index is 1010. The third-order valence-corrected chi connectivity index (χ3v) is 4.54. The van der Waals surface area contributed by atoms with Gasteiger partial charge >= 0.3 is 0 Å². The minimum absolute atomic E-state index is 0.00317. The molecule has 0 bridgehead atoms. The van der Waals surface area contributed by atoms with Gasteiger partial charge in [-0.15, -0.1) is 0 Å². The Hall–Kier alpha value is -3.54. The molecule has 4 rings (SSSR count). The van der Waals surface area contributed by atoms with E-state index in [-0.39, 0.29) is 11.7 Å². The molecule has 1 amide bonds. The van der Waals surface area contributed by atoms with Crippen molar-refractivity contribution >= 4 is 28.9 Å². The second kappa shape index (κ2) is 6.99. The van der Waals surface area contributed by atoms with Crippen molar-refractivity contribution in [3.8, 4) is 0 Å². The lowest BCUT2D eigenvalue weighted by Gasteiger charge is -2.16. The molecule has 0 saturated carbocycles. The molecule has 0 radical (unpaired) electrons. The van der Waals surface area contributed by atoms with E-state index in [9.17, 15) is 9.59 Å². The Labute approximate surface area is 156 Å². The second-order valence-electron chi connectivity index (χ2n) is 6.38. The Morgan fingerprint density at radius 1 is 1.04 bits per heavy atom. The van der Waals surface area contributed by atoms with Crippen LogP contribution in [0, 0.1) is 0 Å². The predicted octanol–water partition coefficient (Wildman–Crippen LogP) is 3.63. The summed E-state index contributed by atoms with van der Waals surface area (Å²) in [4.78, 5) is 34.5. The molecule has 27 heavy (non-hydrogen) atoms. The fourth-order valence-electron chi connectivity index (χ4n) is 3.15. The average Bonchev–Trinajstić information content (AvgIpc) is 3.12. The van der Waals surface area contributed by atoms with E-state index in [0.29, 0.717) is 23.6 Å². The number of carbonyl (C=O) groups excluding carboxylic acids is 2. The molecule has 0 aliphatic carbocycles. The summed E-state index contributed by atoms with van der Waals surface area (Å²) in [6, 6.07) is 15.1. The van der Waals surface area contributed by atoms with Crippen molar-refractivity contribution in [2.24, 2.45) is 0 Å². The van der Waals surface area contributed by atoms with Crippen molar-refractivity contribution in [2.75, 3.05) is 16.8 Å². The van der Waals surface area contributed by atoms with Crippen LogP contribution in [0.2, 0.25) is 0 Å². The molecular formula is C21H18N4O2. The lowest BCUT2D eigenvalue weighted by atomic mass is 10.1. The molecule has 0 unspecified atom stereocenters. The Balaban J connectivity index is 1.50. The Morgan fingerprint density at radius 3 is 2.67 bits per heavy atom. The van der Waals surface area contributed by atoms with Gasteiger partial charge in [0, 0.05) is 23.5 Å². The second-order valence-corrected chi connectivity index (χ2v) is 6.38. The molecule has 0 atom stereocenters. The highest BCUT2D eigenvalue weighted by molar-refractivity contribution is 6.05. The van der Waals surface area contributed by atoms with E-state index in [0.717, 1.165) is 17.8 Å². The van der Waals surface area contributed by atoms with Crippen molar-refractivity contribution in [2.45, 2.75) is 13.3 Å². The van der Waals surface area contributed by atoms with Gasteiger partial charge in [0.15, 0.2) is 5.78 Å². The molecule has 6 nitrogen and oxygen atoms in total. The number of amides is 1. The molecule has 134 valence electrons. The first kappa shape index (κ1) is 16.9. The van der Waals surface area contributed by atoms with Crippen LogP contribution in [0.3, 0.4) is 0 Å². The molecule has 0 saturated heterocycles. The van der Waals surface area contributed by atoms with Gasteiger partial charge < -0.3 is 10.2 Å². The summed E-state index contributed by atoms with van der Waals surface area (Å²) in [7, 11) is 0. The van der Waals surface area contributed by atoms with E-state index in [1.165, 1.54) is 24.9 Å². The molecule has 3 aromatic rings. The summed E-state index contributed by atoms with van der Waals surface area (Å²) in [5, 5.41) is 3.10.